The molecule has 1 heterocycles. The number of nitrogens with zero attached hydrogens (tertiary/aromatic N) is 2. The first kappa shape index (κ1) is 9.59. The molecule has 0 saturated heterocycles. The Kier molecular flexibility index (Phi) is 2.07. The molecule has 1 aliphatic carbocycles. The van der Waals surface area contributed by atoms with Crippen LogP contribution in [-0.2, 0) is 5.41 Å². The number of aliphatic hydroxyl groups excluding tert-OH is 1. The highest BCUT2D eigenvalue weighted by Crippen LogP contribution is 2.45. The summed E-state index contributed by atoms with van der Waals surface area (Å²) in [5.41, 5.74) is 1.94. The lowest BCUT2D eigenvalue weighted by Crippen LogP contribution is -2.10. The van der Waals surface area contributed by atoms with Gasteiger partial charge in [0.1, 0.15) is 5.82 Å². The minimum Gasteiger partial charge on any atom is -0.389 e. The molecule has 14 heavy (non-hydrogen) atoms. The van der Waals surface area contributed by atoms with E-state index in [9.17, 15) is 5.11 Å². The Morgan fingerprint density at radius 2 is 2.14 bits per heavy atom. The zero-order valence-corrected chi connectivity index (χ0v) is 8.91. The van der Waals surface area contributed by atoms with E-state index in [1.54, 1.807) is 13.1 Å². The Labute approximate surface area is 84.2 Å². The zero-order valence-electron chi connectivity index (χ0n) is 8.91. The molecule has 0 unspecified atom stereocenters. The van der Waals surface area contributed by atoms with Crippen molar-refractivity contribution in [1.29, 1.82) is 0 Å². The van der Waals surface area contributed by atoms with E-state index in [0.717, 1.165) is 17.1 Å². The highest BCUT2D eigenvalue weighted by atomic mass is 16.3. The summed E-state index contributed by atoms with van der Waals surface area (Å²) in [7, 11) is 0. The molecule has 0 amide bonds. The van der Waals surface area contributed by atoms with Crippen molar-refractivity contribution in [2.45, 2.75) is 45.1 Å². The molecule has 0 aliphatic heterocycles. The first-order valence-corrected chi connectivity index (χ1v) is 5.05. The molecule has 1 N–H and O–H groups in total. The zero-order chi connectivity index (χ0) is 10.3. The van der Waals surface area contributed by atoms with E-state index in [-0.39, 0.29) is 5.41 Å². The number of aryl methyl sites for hydroxylation is 1. The highest BCUT2D eigenvalue weighted by Gasteiger charge is 2.42. The topological polar surface area (TPSA) is 46.0 Å². The fourth-order valence-corrected chi connectivity index (χ4v) is 1.59. The summed E-state index contributed by atoms with van der Waals surface area (Å²) in [4.78, 5) is 8.78. The third-order valence-electron chi connectivity index (χ3n) is 3.01. The standard InChI is InChI=1S/C11H16N2O/c1-7-9(8(2)14)6-12-10(13-7)11(3)4-5-11/h6,8,14H,4-5H2,1-3H3/t8-/m0/s1. The molecular formula is C11H16N2O. The molecule has 2 rings (SSSR count). The average Bonchev–Trinajstić information content (AvgIpc) is 2.84. The van der Waals surface area contributed by atoms with E-state index >= 15 is 0 Å². The quantitative estimate of drug-likeness (QED) is 0.778. The van der Waals surface area contributed by atoms with Crippen LogP contribution in [0.25, 0.3) is 0 Å². The van der Waals surface area contributed by atoms with Crippen LogP contribution < -0.4 is 0 Å². The van der Waals surface area contributed by atoms with Crippen molar-refractivity contribution in [2.24, 2.45) is 0 Å². The molecular weight excluding hydrogens is 176 g/mol. The summed E-state index contributed by atoms with van der Waals surface area (Å²) in [6.07, 6.45) is 3.64. The highest BCUT2D eigenvalue weighted by molar-refractivity contribution is 5.23. The Morgan fingerprint density at radius 1 is 1.50 bits per heavy atom. The van der Waals surface area contributed by atoms with Crippen LogP contribution in [0.2, 0.25) is 0 Å². The van der Waals surface area contributed by atoms with Crippen LogP contribution in [0, 0.1) is 6.92 Å². The average molecular weight is 192 g/mol. The smallest absolute Gasteiger partial charge is 0.134 e. The van der Waals surface area contributed by atoms with Crippen molar-refractivity contribution in [3.63, 3.8) is 0 Å². The van der Waals surface area contributed by atoms with Crippen molar-refractivity contribution < 1.29 is 5.11 Å². The van der Waals surface area contributed by atoms with Gasteiger partial charge in [-0.3, -0.25) is 0 Å². The van der Waals surface area contributed by atoms with Gasteiger partial charge in [0.2, 0.25) is 0 Å². The Bertz CT molecular complexity index is 356. The minimum absolute atomic E-state index is 0.210. The summed E-state index contributed by atoms with van der Waals surface area (Å²) in [5.74, 6) is 0.930. The Balaban J connectivity index is 2.36. The van der Waals surface area contributed by atoms with Crippen LogP contribution in [0.3, 0.4) is 0 Å². The van der Waals surface area contributed by atoms with Gasteiger partial charge in [-0.2, -0.15) is 0 Å². The third kappa shape index (κ3) is 1.52. The second-order valence-electron chi connectivity index (χ2n) is 4.47. The summed E-state index contributed by atoms with van der Waals surface area (Å²) in [6, 6.07) is 0. The van der Waals surface area contributed by atoms with Gasteiger partial charge in [0.15, 0.2) is 0 Å². The van der Waals surface area contributed by atoms with E-state index in [1.807, 2.05) is 6.92 Å². The lowest BCUT2D eigenvalue weighted by molar-refractivity contribution is 0.197. The molecule has 1 atom stereocenters. The molecule has 1 saturated carbocycles. The van der Waals surface area contributed by atoms with Gasteiger partial charge >= 0.3 is 0 Å². The van der Waals surface area contributed by atoms with Crippen LogP contribution in [0.15, 0.2) is 6.20 Å². The van der Waals surface area contributed by atoms with Crippen LogP contribution in [0.1, 0.15) is 49.9 Å². The monoisotopic (exact) mass is 192 g/mol. The molecule has 3 nitrogen and oxygen atoms in total. The Hall–Kier alpha value is -0.960. The molecule has 0 aromatic carbocycles. The summed E-state index contributed by atoms with van der Waals surface area (Å²) < 4.78 is 0. The van der Waals surface area contributed by atoms with Crippen molar-refractivity contribution >= 4 is 0 Å². The largest absolute Gasteiger partial charge is 0.389 e. The van der Waals surface area contributed by atoms with E-state index < -0.39 is 6.10 Å². The lowest BCUT2D eigenvalue weighted by atomic mass is 10.1. The lowest BCUT2D eigenvalue weighted by Gasteiger charge is -2.11. The summed E-state index contributed by atoms with van der Waals surface area (Å²) >= 11 is 0. The number of aliphatic hydroxyl groups is 1. The molecule has 76 valence electrons. The molecule has 3 heteroatoms. The van der Waals surface area contributed by atoms with Crippen molar-refractivity contribution in [3.05, 3.63) is 23.3 Å². The van der Waals surface area contributed by atoms with Gasteiger partial charge in [-0.05, 0) is 26.7 Å². The second-order valence-corrected chi connectivity index (χ2v) is 4.47. The predicted molar refractivity (Wildman–Crippen MR) is 54.0 cm³/mol. The van der Waals surface area contributed by atoms with Gasteiger partial charge in [0.05, 0.1) is 6.10 Å². The fraction of sp³-hybridized carbons (Fsp3) is 0.636. The van der Waals surface area contributed by atoms with Crippen molar-refractivity contribution in [3.8, 4) is 0 Å². The van der Waals surface area contributed by atoms with Crippen LogP contribution in [0.5, 0.6) is 0 Å². The third-order valence-corrected chi connectivity index (χ3v) is 3.01. The van der Waals surface area contributed by atoms with E-state index in [2.05, 4.69) is 16.9 Å². The maximum absolute atomic E-state index is 9.43. The van der Waals surface area contributed by atoms with Gasteiger partial charge in [-0.1, -0.05) is 6.92 Å². The number of aromatic nitrogens is 2. The fourth-order valence-electron chi connectivity index (χ4n) is 1.59. The SMILES string of the molecule is Cc1nc(C2(C)CC2)ncc1[C@H](C)O. The maximum atomic E-state index is 9.43. The number of rotatable bonds is 2. The summed E-state index contributed by atoms with van der Waals surface area (Å²) in [6.45, 7) is 5.85. The number of hydrogen-bond donors (Lipinski definition) is 1. The van der Waals surface area contributed by atoms with Gasteiger partial charge in [0, 0.05) is 22.9 Å². The van der Waals surface area contributed by atoms with Crippen molar-refractivity contribution in [1.82, 2.24) is 9.97 Å². The normalized spacial score (nSPS) is 20.6. The van der Waals surface area contributed by atoms with E-state index in [4.69, 9.17) is 0 Å². The van der Waals surface area contributed by atoms with Gasteiger partial charge in [0.25, 0.3) is 0 Å². The Morgan fingerprint density at radius 3 is 2.57 bits per heavy atom. The summed E-state index contributed by atoms with van der Waals surface area (Å²) in [5, 5.41) is 9.43. The maximum Gasteiger partial charge on any atom is 0.134 e. The van der Waals surface area contributed by atoms with Gasteiger partial charge < -0.3 is 5.11 Å². The van der Waals surface area contributed by atoms with E-state index in [1.165, 1.54) is 12.8 Å². The molecule has 0 radical (unpaired) electrons. The van der Waals surface area contributed by atoms with Gasteiger partial charge in [-0.15, -0.1) is 0 Å². The molecule has 1 aliphatic rings. The molecule has 1 fully saturated rings. The van der Waals surface area contributed by atoms with E-state index in [0.29, 0.717) is 0 Å². The first-order valence-electron chi connectivity index (χ1n) is 5.05. The molecule has 0 bridgehead atoms. The predicted octanol–water partition coefficient (Wildman–Crippen LogP) is 1.89. The molecule has 1 aromatic heterocycles. The van der Waals surface area contributed by atoms with Crippen LogP contribution in [-0.4, -0.2) is 15.1 Å². The van der Waals surface area contributed by atoms with Crippen LogP contribution >= 0.6 is 0 Å². The second kappa shape index (κ2) is 3.02. The first-order chi connectivity index (χ1) is 6.53. The van der Waals surface area contributed by atoms with Crippen LogP contribution in [0.4, 0.5) is 0 Å². The van der Waals surface area contributed by atoms with Gasteiger partial charge in [-0.25, -0.2) is 9.97 Å². The number of hydrogen-bond acceptors (Lipinski definition) is 3. The van der Waals surface area contributed by atoms with Crippen molar-refractivity contribution in [2.75, 3.05) is 0 Å². The minimum atomic E-state index is -0.476. The molecule has 0 spiro atoms. The molecule has 1 aromatic rings.